The van der Waals surface area contributed by atoms with Crippen molar-refractivity contribution < 1.29 is 19.2 Å². The molecule has 5 heteroatoms. The fourth-order valence-electron chi connectivity index (χ4n) is 2.55. The number of carboxylic acids is 1. The van der Waals surface area contributed by atoms with Crippen LogP contribution in [0.1, 0.15) is 51.1 Å². The molecule has 0 aliphatic carbocycles. The predicted octanol–water partition coefficient (Wildman–Crippen LogP) is 2.86. The summed E-state index contributed by atoms with van der Waals surface area (Å²) in [6, 6.07) is 7.32. The van der Waals surface area contributed by atoms with Crippen LogP contribution in [0.15, 0.2) is 24.3 Å². The van der Waals surface area contributed by atoms with Crippen LogP contribution in [0.2, 0.25) is 0 Å². The first-order valence-electron chi connectivity index (χ1n) is 7.31. The summed E-state index contributed by atoms with van der Waals surface area (Å²) < 4.78 is 12.1. The molecule has 1 aliphatic rings. The number of hydrogen-bond acceptors (Lipinski definition) is 3. The largest absolute Gasteiger partial charge is 0.481 e. The summed E-state index contributed by atoms with van der Waals surface area (Å²) in [6.45, 7) is 7.77. The van der Waals surface area contributed by atoms with Gasteiger partial charge in [0.05, 0.1) is 17.6 Å². The average molecular weight is 300 g/mol. The Balaban J connectivity index is 2.41. The van der Waals surface area contributed by atoms with Crippen molar-refractivity contribution >= 4 is 13.1 Å². The fraction of sp³-hybridized carbons (Fsp3) is 0.471. The summed E-state index contributed by atoms with van der Waals surface area (Å²) in [5.74, 6) is 1.25. The monoisotopic (exact) mass is 300 g/mol. The molecule has 0 radical (unpaired) electrons. The maximum Gasteiger partial charge on any atom is 0.466 e. The quantitative estimate of drug-likeness (QED) is 0.686. The van der Waals surface area contributed by atoms with Crippen molar-refractivity contribution in [3.05, 3.63) is 35.4 Å². The van der Waals surface area contributed by atoms with E-state index in [0.717, 1.165) is 5.56 Å². The molecule has 0 bridgehead atoms. The van der Waals surface area contributed by atoms with Crippen LogP contribution in [0.3, 0.4) is 0 Å². The second kappa shape index (κ2) is 5.79. The Hall–Kier alpha value is -1.77. The minimum Gasteiger partial charge on any atom is -0.481 e. The molecule has 1 fully saturated rings. The Kier molecular flexibility index (Phi) is 4.37. The minimum atomic E-state index is -0.911. The van der Waals surface area contributed by atoms with Crippen molar-refractivity contribution in [3.63, 3.8) is 0 Å². The summed E-state index contributed by atoms with van der Waals surface area (Å²) in [6.07, 6.45) is 5.44. The summed E-state index contributed by atoms with van der Waals surface area (Å²) in [4.78, 5) is 11.3. The van der Waals surface area contributed by atoms with Crippen LogP contribution in [0.5, 0.6) is 0 Å². The van der Waals surface area contributed by atoms with Crippen molar-refractivity contribution in [2.24, 2.45) is 0 Å². The van der Waals surface area contributed by atoms with Crippen molar-refractivity contribution in [2.45, 2.75) is 51.1 Å². The third kappa shape index (κ3) is 3.04. The Bertz CT molecular complexity index is 599. The molecule has 0 spiro atoms. The topological polar surface area (TPSA) is 55.8 Å². The number of hydrogen-bond donors (Lipinski definition) is 1. The van der Waals surface area contributed by atoms with Crippen LogP contribution >= 0.6 is 0 Å². The second-order valence-electron chi connectivity index (χ2n) is 6.56. The van der Waals surface area contributed by atoms with Gasteiger partial charge in [-0.15, -0.1) is 6.42 Å². The van der Waals surface area contributed by atoms with E-state index in [1.165, 1.54) is 0 Å². The van der Waals surface area contributed by atoms with Gasteiger partial charge in [-0.2, -0.15) is 0 Å². The van der Waals surface area contributed by atoms with Crippen LogP contribution in [-0.2, 0) is 14.1 Å². The Morgan fingerprint density at radius 3 is 2.32 bits per heavy atom. The van der Waals surface area contributed by atoms with Gasteiger partial charge >= 0.3 is 13.1 Å². The number of carbonyl (C=O) groups is 1. The molecule has 1 unspecified atom stereocenters. The van der Waals surface area contributed by atoms with Gasteiger partial charge in [0, 0.05) is 11.4 Å². The van der Waals surface area contributed by atoms with Gasteiger partial charge in [-0.05, 0) is 39.3 Å². The molecule has 4 nitrogen and oxygen atoms in total. The SMILES string of the molecule is C#Cc1ccccc1C(CC(=O)O)B1OC(C)(C)C(C)(C)O1. The highest BCUT2D eigenvalue weighted by atomic mass is 16.7. The van der Waals surface area contributed by atoms with E-state index in [-0.39, 0.29) is 6.42 Å². The number of aliphatic carboxylic acids is 1. The first-order chi connectivity index (χ1) is 10.2. The molecule has 1 saturated heterocycles. The molecule has 1 aromatic rings. The van der Waals surface area contributed by atoms with E-state index in [2.05, 4.69) is 5.92 Å². The lowest BCUT2D eigenvalue weighted by Crippen LogP contribution is -2.41. The van der Waals surface area contributed by atoms with Gasteiger partial charge in [-0.3, -0.25) is 4.79 Å². The van der Waals surface area contributed by atoms with Crippen LogP contribution in [0.25, 0.3) is 0 Å². The predicted molar refractivity (Wildman–Crippen MR) is 85.5 cm³/mol. The molecule has 1 atom stereocenters. The first-order valence-corrected chi connectivity index (χ1v) is 7.31. The summed E-state index contributed by atoms with van der Waals surface area (Å²) in [5, 5.41) is 9.27. The number of carboxylic acid groups (broad SMARTS) is 1. The maximum absolute atomic E-state index is 11.3. The van der Waals surface area contributed by atoms with Crippen molar-refractivity contribution in [2.75, 3.05) is 0 Å². The highest BCUT2D eigenvalue weighted by Crippen LogP contribution is 2.42. The normalized spacial score (nSPS) is 20.4. The number of rotatable bonds is 4. The second-order valence-corrected chi connectivity index (χ2v) is 6.56. The smallest absolute Gasteiger partial charge is 0.466 e. The molecule has 2 rings (SSSR count). The van der Waals surface area contributed by atoms with Crippen LogP contribution in [0.4, 0.5) is 0 Å². The Morgan fingerprint density at radius 1 is 1.27 bits per heavy atom. The van der Waals surface area contributed by atoms with E-state index in [1.807, 2.05) is 45.9 Å². The van der Waals surface area contributed by atoms with Crippen LogP contribution in [0, 0.1) is 12.3 Å². The maximum atomic E-state index is 11.3. The number of benzene rings is 1. The lowest BCUT2D eigenvalue weighted by molar-refractivity contribution is -0.137. The van der Waals surface area contributed by atoms with E-state index in [4.69, 9.17) is 15.7 Å². The Labute approximate surface area is 132 Å². The molecule has 116 valence electrons. The van der Waals surface area contributed by atoms with E-state index >= 15 is 0 Å². The van der Waals surface area contributed by atoms with Crippen LogP contribution in [-0.4, -0.2) is 29.4 Å². The summed E-state index contributed by atoms with van der Waals surface area (Å²) in [7, 11) is -0.643. The molecule has 1 aliphatic heterocycles. The van der Waals surface area contributed by atoms with Gasteiger partial charge < -0.3 is 14.4 Å². The molecular weight excluding hydrogens is 279 g/mol. The molecule has 1 heterocycles. The van der Waals surface area contributed by atoms with Gasteiger partial charge in [-0.1, -0.05) is 24.1 Å². The fourth-order valence-corrected chi connectivity index (χ4v) is 2.55. The van der Waals surface area contributed by atoms with Crippen molar-refractivity contribution in [1.29, 1.82) is 0 Å². The van der Waals surface area contributed by atoms with E-state index in [0.29, 0.717) is 5.56 Å². The van der Waals surface area contributed by atoms with Gasteiger partial charge in [0.2, 0.25) is 0 Å². The third-order valence-corrected chi connectivity index (χ3v) is 4.51. The molecule has 1 aromatic carbocycles. The minimum absolute atomic E-state index is 0.102. The molecular formula is C17H21BO4. The van der Waals surface area contributed by atoms with E-state index in [1.54, 1.807) is 6.07 Å². The molecule has 0 amide bonds. The zero-order valence-corrected chi connectivity index (χ0v) is 13.4. The van der Waals surface area contributed by atoms with Crippen molar-refractivity contribution in [1.82, 2.24) is 0 Å². The molecule has 22 heavy (non-hydrogen) atoms. The zero-order chi connectivity index (χ0) is 16.5. The van der Waals surface area contributed by atoms with E-state index < -0.39 is 30.1 Å². The molecule has 0 aromatic heterocycles. The zero-order valence-electron chi connectivity index (χ0n) is 13.4. The average Bonchev–Trinajstić information content (AvgIpc) is 2.64. The molecule has 0 saturated carbocycles. The highest BCUT2D eigenvalue weighted by molar-refractivity contribution is 6.48. The lowest BCUT2D eigenvalue weighted by Gasteiger charge is -2.32. The van der Waals surface area contributed by atoms with Gasteiger partial charge in [0.1, 0.15) is 0 Å². The summed E-state index contributed by atoms with van der Waals surface area (Å²) in [5.41, 5.74) is 0.410. The van der Waals surface area contributed by atoms with Gasteiger partial charge in [0.15, 0.2) is 0 Å². The summed E-state index contributed by atoms with van der Waals surface area (Å²) >= 11 is 0. The Morgan fingerprint density at radius 2 is 1.82 bits per heavy atom. The highest BCUT2D eigenvalue weighted by Gasteiger charge is 2.54. The number of terminal acetylenes is 1. The van der Waals surface area contributed by atoms with Crippen molar-refractivity contribution in [3.8, 4) is 12.3 Å². The molecule has 1 N–H and O–H groups in total. The first kappa shape index (κ1) is 16.6. The lowest BCUT2D eigenvalue weighted by atomic mass is 9.65. The van der Waals surface area contributed by atoms with E-state index in [9.17, 15) is 9.90 Å². The van der Waals surface area contributed by atoms with Gasteiger partial charge in [0.25, 0.3) is 0 Å². The van der Waals surface area contributed by atoms with Crippen LogP contribution < -0.4 is 0 Å². The third-order valence-electron chi connectivity index (χ3n) is 4.51. The van der Waals surface area contributed by atoms with Gasteiger partial charge in [-0.25, -0.2) is 0 Å². The standard InChI is InChI=1S/C17H21BO4/c1-6-12-9-7-8-10-13(12)14(11-15(19)20)18-21-16(2,3)17(4,5)22-18/h1,7-10,14H,11H2,2-5H3,(H,19,20).